The van der Waals surface area contributed by atoms with E-state index in [1.807, 2.05) is 0 Å². The van der Waals surface area contributed by atoms with E-state index in [9.17, 15) is 0 Å². The Hall–Kier alpha value is -0.190. The number of thiazole rings is 1. The zero-order valence-corrected chi connectivity index (χ0v) is 6.85. The summed E-state index contributed by atoms with van der Waals surface area (Å²) in [5, 5.41) is 2.23. The lowest BCUT2D eigenvalue weighted by Crippen LogP contribution is -1.85. The van der Waals surface area contributed by atoms with Crippen molar-refractivity contribution in [2.45, 2.75) is 0 Å². The minimum atomic E-state index is 0. The van der Waals surface area contributed by atoms with Crippen LogP contribution in [0.2, 0.25) is 0 Å². The SMILES string of the molecule is Cl.Cl.Nc1csc(N)n1. The molecule has 1 aromatic rings. The molecule has 0 saturated carbocycles. The monoisotopic (exact) mass is 187 g/mol. The fourth-order valence-electron chi connectivity index (χ4n) is 0.301. The Kier molecular flexibility index (Phi) is 6.01. The molecule has 0 aromatic carbocycles. The normalized spacial score (nSPS) is 7.11. The largest absolute Gasteiger partial charge is 0.383 e. The zero-order chi connectivity index (χ0) is 5.28. The van der Waals surface area contributed by atoms with Crippen molar-refractivity contribution in [3.05, 3.63) is 5.38 Å². The highest BCUT2D eigenvalue weighted by Gasteiger charge is 1.87. The second kappa shape index (κ2) is 4.67. The van der Waals surface area contributed by atoms with Crippen molar-refractivity contribution in [1.29, 1.82) is 0 Å². The predicted molar refractivity (Wildman–Crippen MR) is 45.4 cm³/mol. The average Bonchev–Trinajstić information content (AvgIpc) is 1.87. The van der Waals surface area contributed by atoms with Crippen LogP contribution in [0.5, 0.6) is 0 Å². The molecule has 3 nitrogen and oxygen atoms in total. The van der Waals surface area contributed by atoms with Crippen molar-refractivity contribution in [2.24, 2.45) is 0 Å². The van der Waals surface area contributed by atoms with E-state index >= 15 is 0 Å². The van der Waals surface area contributed by atoms with Crippen LogP contribution < -0.4 is 11.5 Å². The summed E-state index contributed by atoms with van der Waals surface area (Å²) in [7, 11) is 0. The number of hydrogen-bond donors (Lipinski definition) is 2. The summed E-state index contributed by atoms with van der Waals surface area (Å²) in [5.41, 5.74) is 10.4. The van der Waals surface area contributed by atoms with E-state index < -0.39 is 0 Å². The molecular formula is C3H7Cl2N3S. The number of hydrogen-bond acceptors (Lipinski definition) is 4. The fraction of sp³-hybridized carbons (Fsp3) is 0. The van der Waals surface area contributed by atoms with Crippen LogP contribution in [0.3, 0.4) is 0 Å². The van der Waals surface area contributed by atoms with Gasteiger partial charge in [-0.2, -0.15) is 0 Å². The minimum absolute atomic E-state index is 0. The number of nitrogens with two attached hydrogens (primary N) is 2. The maximum Gasteiger partial charge on any atom is 0.182 e. The Bertz CT molecular complexity index is 149. The molecule has 0 atom stereocenters. The third-order valence-corrected chi connectivity index (χ3v) is 1.23. The van der Waals surface area contributed by atoms with Gasteiger partial charge >= 0.3 is 0 Å². The van der Waals surface area contributed by atoms with Gasteiger partial charge in [0.05, 0.1) is 0 Å². The van der Waals surface area contributed by atoms with E-state index in [1.54, 1.807) is 5.38 Å². The topological polar surface area (TPSA) is 64.9 Å². The molecule has 6 heteroatoms. The van der Waals surface area contributed by atoms with Crippen LogP contribution in [0, 0.1) is 0 Å². The number of nitrogens with zero attached hydrogens (tertiary/aromatic N) is 1. The quantitative estimate of drug-likeness (QED) is 0.641. The van der Waals surface area contributed by atoms with Crippen LogP contribution in [0.15, 0.2) is 5.38 Å². The van der Waals surface area contributed by atoms with Crippen molar-refractivity contribution < 1.29 is 0 Å². The average molecular weight is 188 g/mol. The van der Waals surface area contributed by atoms with Crippen LogP contribution in [-0.4, -0.2) is 4.98 Å². The summed E-state index contributed by atoms with van der Waals surface area (Å²) < 4.78 is 0. The van der Waals surface area contributed by atoms with Crippen molar-refractivity contribution >= 4 is 47.1 Å². The van der Waals surface area contributed by atoms with E-state index in [0.717, 1.165) is 0 Å². The molecule has 9 heavy (non-hydrogen) atoms. The van der Waals surface area contributed by atoms with Gasteiger partial charge in [0.2, 0.25) is 0 Å². The first-order valence-electron chi connectivity index (χ1n) is 1.75. The Labute approximate surface area is 69.3 Å². The summed E-state index contributed by atoms with van der Waals surface area (Å²) in [6.07, 6.45) is 0. The number of nitrogen functional groups attached to an aromatic ring is 2. The van der Waals surface area contributed by atoms with Gasteiger partial charge < -0.3 is 11.5 Å². The third kappa shape index (κ3) is 3.40. The van der Waals surface area contributed by atoms with Crippen molar-refractivity contribution in [3.63, 3.8) is 0 Å². The first-order valence-corrected chi connectivity index (χ1v) is 2.63. The molecule has 1 rings (SSSR count). The number of anilines is 2. The molecule has 0 radical (unpaired) electrons. The van der Waals surface area contributed by atoms with Crippen LogP contribution in [0.4, 0.5) is 10.9 Å². The molecule has 0 aliphatic carbocycles. The van der Waals surface area contributed by atoms with Gasteiger partial charge in [-0.05, 0) is 0 Å². The highest BCUT2D eigenvalue weighted by Crippen LogP contribution is 2.10. The maximum absolute atomic E-state index is 5.21. The standard InChI is InChI=1S/C3H5N3S.2ClH/c4-2-1-7-3(5)6-2;;/h1H,4H2,(H2,5,6);2*1H. The highest BCUT2D eigenvalue weighted by atomic mass is 35.5. The van der Waals surface area contributed by atoms with Gasteiger partial charge in [-0.3, -0.25) is 0 Å². The summed E-state index contributed by atoms with van der Waals surface area (Å²) in [6.45, 7) is 0. The van der Waals surface area contributed by atoms with E-state index in [-0.39, 0.29) is 24.8 Å². The van der Waals surface area contributed by atoms with Crippen molar-refractivity contribution in [3.8, 4) is 0 Å². The van der Waals surface area contributed by atoms with Gasteiger partial charge in [0.25, 0.3) is 0 Å². The Morgan fingerprint density at radius 2 is 1.89 bits per heavy atom. The van der Waals surface area contributed by atoms with Crippen LogP contribution >= 0.6 is 36.2 Å². The van der Waals surface area contributed by atoms with Gasteiger partial charge in [0.15, 0.2) is 5.13 Å². The maximum atomic E-state index is 5.21. The zero-order valence-electron chi connectivity index (χ0n) is 4.40. The van der Waals surface area contributed by atoms with Gasteiger partial charge in [0.1, 0.15) is 5.82 Å². The lowest BCUT2D eigenvalue weighted by Gasteiger charge is -1.72. The predicted octanol–water partition coefficient (Wildman–Crippen LogP) is 1.15. The molecule has 0 unspecified atom stereocenters. The fourth-order valence-corrected chi connectivity index (χ4v) is 0.753. The van der Waals surface area contributed by atoms with Crippen molar-refractivity contribution in [2.75, 3.05) is 11.5 Å². The highest BCUT2D eigenvalue weighted by molar-refractivity contribution is 7.13. The lowest BCUT2D eigenvalue weighted by atomic mass is 10.8. The first-order chi connectivity index (χ1) is 3.29. The summed E-state index contributed by atoms with van der Waals surface area (Å²) in [6, 6.07) is 0. The van der Waals surface area contributed by atoms with E-state index in [2.05, 4.69) is 4.98 Å². The molecule has 0 bridgehead atoms. The van der Waals surface area contributed by atoms with E-state index in [4.69, 9.17) is 11.5 Å². The second-order valence-electron chi connectivity index (χ2n) is 1.11. The summed E-state index contributed by atoms with van der Waals surface area (Å²) >= 11 is 1.35. The number of aromatic nitrogens is 1. The Morgan fingerprint density at radius 3 is 2.00 bits per heavy atom. The number of halogens is 2. The Morgan fingerprint density at radius 1 is 1.33 bits per heavy atom. The smallest absolute Gasteiger partial charge is 0.182 e. The molecule has 4 N–H and O–H groups in total. The number of rotatable bonds is 0. The molecule has 0 aliphatic heterocycles. The van der Waals surface area contributed by atoms with Gasteiger partial charge in [-0.15, -0.1) is 36.2 Å². The van der Waals surface area contributed by atoms with Crippen LogP contribution in [-0.2, 0) is 0 Å². The first kappa shape index (κ1) is 11.6. The van der Waals surface area contributed by atoms with E-state index in [0.29, 0.717) is 10.9 Å². The second-order valence-corrected chi connectivity index (χ2v) is 2.00. The van der Waals surface area contributed by atoms with Gasteiger partial charge in [-0.1, -0.05) is 0 Å². The van der Waals surface area contributed by atoms with Crippen LogP contribution in [0.25, 0.3) is 0 Å². The van der Waals surface area contributed by atoms with Crippen LogP contribution in [0.1, 0.15) is 0 Å². The minimum Gasteiger partial charge on any atom is -0.383 e. The lowest BCUT2D eigenvalue weighted by molar-refractivity contribution is 1.43. The summed E-state index contributed by atoms with van der Waals surface area (Å²) in [4.78, 5) is 3.69. The molecule has 0 spiro atoms. The molecule has 0 fully saturated rings. The van der Waals surface area contributed by atoms with Gasteiger partial charge in [0, 0.05) is 5.38 Å². The Balaban J connectivity index is 0. The molecular weight excluding hydrogens is 181 g/mol. The van der Waals surface area contributed by atoms with Crippen molar-refractivity contribution in [1.82, 2.24) is 4.98 Å². The van der Waals surface area contributed by atoms with Gasteiger partial charge in [-0.25, -0.2) is 4.98 Å². The molecule has 1 heterocycles. The summed E-state index contributed by atoms with van der Waals surface area (Å²) in [5.74, 6) is 0.502. The molecule has 54 valence electrons. The molecule has 1 aromatic heterocycles. The molecule has 0 saturated heterocycles. The third-order valence-electron chi connectivity index (χ3n) is 0.540. The molecule has 0 aliphatic rings. The molecule has 0 amide bonds. The van der Waals surface area contributed by atoms with E-state index in [1.165, 1.54) is 11.3 Å².